The fourth-order valence-electron chi connectivity index (χ4n) is 4.45. The fourth-order valence-corrected chi connectivity index (χ4v) is 4.45. The maximum atomic E-state index is 13.2. The Hall–Kier alpha value is -2.54. The molecule has 4 heterocycles. The largest absolute Gasteiger partial charge is 0.454 e. The van der Waals surface area contributed by atoms with Gasteiger partial charge in [0.15, 0.2) is 11.5 Å². The third-order valence-corrected chi connectivity index (χ3v) is 5.50. The number of hydrogen-bond acceptors (Lipinski definition) is 5. The van der Waals surface area contributed by atoms with Crippen LogP contribution in [0.15, 0.2) is 30.4 Å². The van der Waals surface area contributed by atoms with Gasteiger partial charge in [-0.05, 0) is 26.0 Å². The molecule has 4 aliphatic heterocycles. The van der Waals surface area contributed by atoms with Crippen molar-refractivity contribution in [3.63, 3.8) is 0 Å². The third kappa shape index (κ3) is 2.03. The molecule has 5 rings (SSSR count). The standard InChI is InChI=1S/C19H20N2O5/c1-10(2)20-17(22)15-13-5-6-19(26-13)8-21(18(23)16(15)19)11-3-4-12-14(7-11)25-9-24-12/h3-7,10,13,15-16H,8-9H2,1-2H3,(H,20,22)/t13-,15+,16-,19+/m1/s1. The number of hydrogen-bond donors (Lipinski definition) is 1. The highest BCUT2D eigenvalue weighted by molar-refractivity contribution is 6.03. The van der Waals surface area contributed by atoms with E-state index in [1.54, 1.807) is 17.0 Å². The van der Waals surface area contributed by atoms with Gasteiger partial charge in [0.05, 0.1) is 24.5 Å². The Morgan fingerprint density at radius 1 is 1.31 bits per heavy atom. The number of carbonyl (C=O) groups is 2. The van der Waals surface area contributed by atoms with Crippen LogP contribution in [0.25, 0.3) is 0 Å². The van der Waals surface area contributed by atoms with Crippen LogP contribution in [0.4, 0.5) is 5.69 Å². The van der Waals surface area contributed by atoms with Crippen LogP contribution >= 0.6 is 0 Å². The minimum Gasteiger partial charge on any atom is -0.454 e. The summed E-state index contributed by atoms with van der Waals surface area (Å²) in [5.41, 5.74) is 0.00314. The number of nitrogens with one attached hydrogen (secondary N) is 1. The van der Waals surface area contributed by atoms with Gasteiger partial charge in [0.1, 0.15) is 5.60 Å². The molecule has 7 heteroatoms. The van der Waals surface area contributed by atoms with Gasteiger partial charge in [-0.2, -0.15) is 0 Å². The zero-order valence-electron chi connectivity index (χ0n) is 14.6. The molecule has 1 spiro atoms. The van der Waals surface area contributed by atoms with Gasteiger partial charge >= 0.3 is 0 Å². The molecular formula is C19H20N2O5. The number of anilines is 1. The van der Waals surface area contributed by atoms with Crippen molar-refractivity contribution in [3.05, 3.63) is 30.4 Å². The topological polar surface area (TPSA) is 77.1 Å². The van der Waals surface area contributed by atoms with E-state index in [-0.39, 0.29) is 30.8 Å². The van der Waals surface area contributed by atoms with Crippen molar-refractivity contribution in [2.75, 3.05) is 18.2 Å². The van der Waals surface area contributed by atoms with Gasteiger partial charge in [0.2, 0.25) is 18.6 Å². The summed E-state index contributed by atoms with van der Waals surface area (Å²) < 4.78 is 16.9. The van der Waals surface area contributed by atoms with Crippen LogP contribution in [-0.4, -0.2) is 42.9 Å². The van der Waals surface area contributed by atoms with E-state index in [1.165, 1.54) is 0 Å². The molecule has 2 amide bonds. The summed E-state index contributed by atoms with van der Waals surface area (Å²) in [5, 5.41) is 2.93. The van der Waals surface area contributed by atoms with Gasteiger partial charge in [0, 0.05) is 17.8 Å². The first-order chi connectivity index (χ1) is 12.5. The number of nitrogens with zero attached hydrogens (tertiary/aromatic N) is 1. The quantitative estimate of drug-likeness (QED) is 0.825. The predicted octanol–water partition coefficient (Wildman–Crippen LogP) is 1.23. The van der Waals surface area contributed by atoms with E-state index in [0.717, 1.165) is 5.69 Å². The average molecular weight is 356 g/mol. The van der Waals surface area contributed by atoms with Gasteiger partial charge in [-0.15, -0.1) is 0 Å². The van der Waals surface area contributed by atoms with Gasteiger partial charge in [0.25, 0.3) is 0 Å². The Bertz CT molecular complexity index is 835. The number of benzene rings is 1. The molecule has 136 valence electrons. The molecule has 7 nitrogen and oxygen atoms in total. The Morgan fingerprint density at radius 3 is 2.92 bits per heavy atom. The fraction of sp³-hybridized carbons (Fsp3) is 0.474. The Balaban J connectivity index is 1.48. The van der Waals surface area contributed by atoms with E-state index in [0.29, 0.717) is 18.0 Å². The van der Waals surface area contributed by atoms with Crippen molar-refractivity contribution in [2.24, 2.45) is 11.8 Å². The second kappa shape index (κ2) is 5.23. The second-order valence-corrected chi connectivity index (χ2v) is 7.53. The van der Waals surface area contributed by atoms with Crippen LogP contribution in [0, 0.1) is 11.8 Å². The average Bonchev–Trinajstić information content (AvgIpc) is 3.33. The van der Waals surface area contributed by atoms with E-state index in [2.05, 4.69) is 5.32 Å². The summed E-state index contributed by atoms with van der Waals surface area (Å²) in [6.07, 6.45) is 3.53. The molecule has 4 atom stereocenters. The summed E-state index contributed by atoms with van der Waals surface area (Å²) in [4.78, 5) is 27.6. The zero-order valence-corrected chi connectivity index (χ0v) is 14.6. The second-order valence-electron chi connectivity index (χ2n) is 7.53. The lowest BCUT2D eigenvalue weighted by molar-refractivity contribution is -0.132. The van der Waals surface area contributed by atoms with Crippen molar-refractivity contribution in [1.29, 1.82) is 0 Å². The molecule has 4 aliphatic rings. The zero-order chi connectivity index (χ0) is 18.1. The number of fused-ring (bicyclic) bond motifs is 2. The van der Waals surface area contributed by atoms with Crippen LogP contribution in [0.5, 0.6) is 11.5 Å². The Kier molecular flexibility index (Phi) is 3.16. The van der Waals surface area contributed by atoms with Crippen molar-refractivity contribution >= 4 is 17.5 Å². The number of ether oxygens (including phenoxy) is 3. The summed E-state index contributed by atoms with van der Waals surface area (Å²) >= 11 is 0. The highest BCUT2D eigenvalue weighted by Crippen LogP contribution is 2.53. The van der Waals surface area contributed by atoms with Gasteiger partial charge in [-0.1, -0.05) is 12.2 Å². The Morgan fingerprint density at radius 2 is 2.12 bits per heavy atom. The van der Waals surface area contributed by atoms with Crippen molar-refractivity contribution in [1.82, 2.24) is 5.32 Å². The van der Waals surface area contributed by atoms with Crippen LogP contribution in [-0.2, 0) is 14.3 Å². The lowest BCUT2D eigenvalue weighted by atomic mass is 9.76. The van der Waals surface area contributed by atoms with Crippen LogP contribution in [0.1, 0.15) is 13.8 Å². The first kappa shape index (κ1) is 15.7. The molecule has 0 aromatic heterocycles. The first-order valence-electron chi connectivity index (χ1n) is 8.87. The third-order valence-electron chi connectivity index (χ3n) is 5.50. The van der Waals surface area contributed by atoms with Gasteiger partial charge in [-0.3, -0.25) is 9.59 Å². The maximum absolute atomic E-state index is 13.2. The van der Waals surface area contributed by atoms with Crippen LogP contribution < -0.4 is 19.7 Å². The minimum absolute atomic E-state index is 0.0167. The first-order valence-corrected chi connectivity index (χ1v) is 8.87. The van der Waals surface area contributed by atoms with E-state index in [1.807, 2.05) is 32.1 Å². The van der Waals surface area contributed by atoms with Gasteiger partial charge < -0.3 is 24.4 Å². The van der Waals surface area contributed by atoms with Crippen molar-refractivity contribution in [3.8, 4) is 11.5 Å². The minimum atomic E-state index is -0.725. The van der Waals surface area contributed by atoms with Gasteiger partial charge in [-0.25, -0.2) is 0 Å². The molecule has 0 saturated carbocycles. The molecule has 0 radical (unpaired) electrons. The van der Waals surface area contributed by atoms with Crippen LogP contribution in [0.2, 0.25) is 0 Å². The summed E-state index contributed by atoms with van der Waals surface area (Å²) in [7, 11) is 0. The lowest BCUT2D eigenvalue weighted by Crippen LogP contribution is -2.45. The molecule has 26 heavy (non-hydrogen) atoms. The molecule has 0 aliphatic carbocycles. The Labute approximate surface area is 150 Å². The molecular weight excluding hydrogens is 336 g/mol. The predicted molar refractivity (Wildman–Crippen MR) is 91.9 cm³/mol. The van der Waals surface area contributed by atoms with E-state index >= 15 is 0 Å². The monoisotopic (exact) mass is 356 g/mol. The van der Waals surface area contributed by atoms with Crippen molar-refractivity contribution < 1.29 is 23.8 Å². The lowest BCUT2D eigenvalue weighted by Gasteiger charge is -2.24. The molecule has 2 fully saturated rings. The van der Waals surface area contributed by atoms with E-state index in [4.69, 9.17) is 14.2 Å². The number of carbonyl (C=O) groups excluding carboxylic acids is 2. The smallest absolute Gasteiger partial charge is 0.234 e. The van der Waals surface area contributed by atoms with Crippen LogP contribution in [0.3, 0.4) is 0 Å². The highest BCUT2D eigenvalue weighted by Gasteiger charge is 2.67. The molecule has 2 bridgehead atoms. The summed E-state index contributed by atoms with van der Waals surface area (Å²) in [5.74, 6) is 0.0991. The molecule has 2 saturated heterocycles. The number of amides is 2. The van der Waals surface area contributed by atoms with Crippen molar-refractivity contribution in [2.45, 2.75) is 31.6 Å². The highest BCUT2D eigenvalue weighted by atomic mass is 16.7. The molecule has 1 aromatic rings. The molecule has 1 N–H and O–H groups in total. The summed E-state index contributed by atoms with van der Waals surface area (Å²) in [6.45, 7) is 4.40. The van der Waals surface area contributed by atoms with E-state index < -0.39 is 17.4 Å². The molecule has 0 unspecified atom stereocenters. The maximum Gasteiger partial charge on any atom is 0.234 e. The normalized spacial score (nSPS) is 33.3. The number of rotatable bonds is 3. The summed E-state index contributed by atoms with van der Waals surface area (Å²) in [6, 6.07) is 5.45. The SMILES string of the molecule is CC(C)NC(=O)[C@H]1[C@H]2C=C[C@@]3(CN(c4ccc5c(c4)OCO5)C(=O)[C@@H]13)O2. The molecule has 1 aromatic carbocycles. The van der Waals surface area contributed by atoms with E-state index in [9.17, 15) is 9.59 Å².